The molecule has 1 unspecified atom stereocenters. The zero-order chi connectivity index (χ0) is 21.3. The monoisotopic (exact) mass is 404 g/mol. The van der Waals surface area contributed by atoms with Crippen LogP contribution in [0.5, 0.6) is 0 Å². The van der Waals surface area contributed by atoms with E-state index in [-0.39, 0.29) is 23.8 Å². The van der Waals surface area contributed by atoms with Gasteiger partial charge in [-0.1, -0.05) is 67.6 Å². The van der Waals surface area contributed by atoms with Crippen molar-refractivity contribution in [1.29, 1.82) is 0 Å². The Morgan fingerprint density at radius 3 is 2.23 bits per heavy atom. The summed E-state index contributed by atoms with van der Waals surface area (Å²) < 4.78 is 0. The molecule has 158 valence electrons. The van der Waals surface area contributed by atoms with Crippen molar-refractivity contribution in [2.45, 2.75) is 45.7 Å². The Labute approximate surface area is 180 Å². The molecule has 0 bridgehead atoms. The Hall–Kier alpha value is -2.88. The second-order valence-corrected chi connectivity index (χ2v) is 8.05. The number of rotatable bonds is 7. The van der Waals surface area contributed by atoms with Gasteiger partial charge in [0.25, 0.3) is 0 Å². The Bertz CT molecular complexity index is 840. The molecule has 1 aliphatic rings. The van der Waals surface area contributed by atoms with Crippen LogP contribution in [0.3, 0.4) is 0 Å². The lowest BCUT2D eigenvalue weighted by atomic mass is 9.94. The minimum Gasteiger partial charge on any atom is -0.339 e. The van der Waals surface area contributed by atoms with E-state index in [1.165, 1.54) is 0 Å². The average molecular weight is 405 g/mol. The van der Waals surface area contributed by atoms with Gasteiger partial charge in [0, 0.05) is 37.7 Å². The highest BCUT2D eigenvalue weighted by atomic mass is 16.2. The minimum absolute atomic E-state index is 0.00938. The Kier molecular flexibility index (Phi) is 7.83. The van der Waals surface area contributed by atoms with E-state index in [0.717, 1.165) is 30.4 Å². The highest BCUT2D eigenvalue weighted by Crippen LogP contribution is 2.23. The van der Waals surface area contributed by atoms with Crippen LogP contribution in [0.25, 0.3) is 6.08 Å². The van der Waals surface area contributed by atoms with Gasteiger partial charge < -0.3 is 9.80 Å². The van der Waals surface area contributed by atoms with Gasteiger partial charge >= 0.3 is 0 Å². The number of likely N-dealkylation sites (tertiary alicyclic amines) is 1. The molecule has 0 N–H and O–H groups in total. The summed E-state index contributed by atoms with van der Waals surface area (Å²) in [5, 5.41) is 0. The molecule has 1 saturated heterocycles. The zero-order valence-corrected chi connectivity index (χ0v) is 18.0. The lowest BCUT2D eigenvalue weighted by Crippen LogP contribution is -2.46. The molecule has 0 aliphatic carbocycles. The van der Waals surface area contributed by atoms with Crippen molar-refractivity contribution >= 4 is 17.9 Å². The van der Waals surface area contributed by atoms with Gasteiger partial charge in [-0.25, -0.2) is 0 Å². The van der Waals surface area contributed by atoms with Gasteiger partial charge in [-0.2, -0.15) is 0 Å². The summed E-state index contributed by atoms with van der Waals surface area (Å²) in [4.78, 5) is 29.7. The molecule has 2 aromatic carbocycles. The molecule has 1 fully saturated rings. The highest BCUT2D eigenvalue weighted by Gasteiger charge is 2.31. The van der Waals surface area contributed by atoms with Crippen LogP contribution in [-0.4, -0.2) is 40.7 Å². The lowest BCUT2D eigenvalue weighted by Gasteiger charge is -2.36. The Morgan fingerprint density at radius 2 is 1.63 bits per heavy atom. The molecule has 0 saturated carbocycles. The van der Waals surface area contributed by atoms with Gasteiger partial charge in [-0.05, 0) is 43.4 Å². The smallest absolute Gasteiger partial charge is 0.246 e. The van der Waals surface area contributed by atoms with E-state index in [1.54, 1.807) is 6.08 Å². The van der Waals surface area contributed by atoms with Gasteiger partial charge in [0.15, 0.2) is 0 Å². The van der Waals surface area contributed by atoms with Crippen LogP contribution >= 0.6 is 0 Å². The van der Waals surface area contributed by atoms with E-state index in [0.29, 0.717) is 19.6 Å². The predicted octanol–water partition coefficient (Wildman–Crippen LogP) is 4.77. The van der Waals surface area contributed by atoms with E-state index in [2.05, 4.69) is 26.0 Å². The molecular weight excluding hydrogens is 372 g/mol. The topological polar surface area (TPSA) is 40.6 Å². The number of benzene rings is 2. The molecule has 3 rings (SSSR count). The zero-order valence-electron chi connectivity index (χ0n) is 18.0. The van der Waals surface area contributed by atoms with Crippen molar-refractivity contribution in [1.82, 2.24) is 9.80 Å². The van der Waals surface area contributed by atoms with Crippen LogP contribution in [0.2, 0.25) is 0 Å². The third kappa shape index (κ3) is 5.82. The quantitative estimate of drug-likeness (QED) is 0.624. The SMILES string of the molecule is CCC(C)N(Cc1ccccc1)C(=O)C1CCN(C(=O)/C=C/c2ccccc2)CC1. The van der Waals surface area contributed by atoms with Crippen LogP contribution in [0.15, 0.2) is 66.7 Å². The van der Waals surface area contributed by atoms with Gasteiger partial charge in [-0.15, -0.1) is 0 Å². The van der Waals surface area contributed by atoms with E-state index in [1.807, 2.05) is 64.4 Å². The summed E-state index contributed by atoms with van der Waals surface area (Å²) in [5.74, 6) is 0.234. The maximum atomic E-state index is 13.3. The molecule has 30 heavy (non-hydrogen) atoms. The Balaban J connectivity index is 1.57. The number of nitrogens with zero attached hydrogens (tertiary/aromatic N) is 2. The summed E-state index contributed by atoms with van der Waals surface area (Å²) >= 11 is 0. The van der Waals surface area contributed by atoms with Crippen molar-refractivity contribution < 1.29 is 9.59 Å². The summed E-state index contributed by atoms with van der Waals surface area (Å²) in [6, 6.07) is 20.2. The molecular formula is C26H32N2O2. The lowest BCUT2D eigenvalue weighted by molar-refractivity contribution is -0.141. The third-order valence-electron chi connectivity index (χ3n) is 5.98. The fourth-order valence-corrected chi connectivity index (χ4v) is 3.87. The van der Waals surface area contributed by atoms with E-state index < -0.39 is 0 Å². The number of hydrogen-bond acceptors (Lipinski definition) is 2. The molecule has 4 nitrogen and oxygen atoms in total. The van der Waals surface area contributed by atoms with Crippen molar-refractivity contribution in [2.75, 3.05) is 13.1 Å². The summed E-state index contributed by atoms with van der Waals surface area (Å²) in [7, 11) is 0. The fourth-order valence-electron chi connectivity index (χ4n) is 3.87. The summed E-state index contributed by atoms with van der Waals surface area (Å²) in [6.45, 7) is 6.15. The van der Waals surface area contributed by atoms with Crippen LogP contribution in [-0.2, 0) is 16.1 Å². The second-order valence-electron chi connectivity index (χ2n) is 8.05. The largest absolute Gasteiger partial charge is 0.339 e. The molecule has 1 atom stereocenters. The third-order valence-corrected chi connectivity index (χ3v) is 5.98. The number of hydrogen-bond donors (Lipinski definition) is 0. The number of carbonyl (C=O) groups excluding carboxylic acids is 2. The molecule has 1 heterocycles. The first kappa shape index (κ1) is 21.8. The minimum atomic E-state index is -0.00938. The first-order chi connectivity index (χ1) is 14.6. The maximum absolute atomic E-state index is 13.3. The number of piperidine rings is 1. The highest BCUT2D eigenvalue weighted by molar-refractivity contribution is 5.92. The molecule has 1 aliphatic heterocycles. The Morgan fingerprint density at radius 1 is 1.03 bits per heavy atom. The van der Waals surface area contributed by atoms with Crippen LogP contribution in [0.1, 0.15) is 44.2 Å². The molecule has 0 radical (unpaired) electrons. The van der Waals surface area contributed by atoms with Crippen LogP contribution in [0.4, 0.5) is 0 Å². The van der Waals surface area contributed by atoms with E-state index in [4.69, 9.17) is 0 Å². The van der Waals surface area contributed by atoms with Gasteiger partial charge in [0.2, 0.25) is 11.8 Å². The van der Waals surface area contributed by atoms with Crippen molar-refractivity contribution in [2.24, 2.45) is 5.92 Å². The molecule has 0 aromatic heterocycles. The normalized spacial score (nSPS) is 15.9. The van der Waals surface area contributed by atoms with Crippen molar-refractivity contribution in [3.63, 3.8) is 0 Å². The molecule has 4 heteroatoms. The number of amides is 2. The summed E-state index contributed by atoms with van der Waals surface area (Å²) in [5.41, 5.74) is 2.17. The van der Waals surface area contributed by atoms with Gasteiger partial charge in [-0.3, -0.25) is 9.59 Å². The maximum Gasteiger partial charge on any atom is 0.246 e. The van der Waals surface area contributed by atoms with E-state index in [9.17, 15) is 9.59 Å². The van der Waals surface area contributed by atoms with Crippen LogP contribution < -0.4 is 0 Å². The summed E-state index contributed by atoms with van der Waals surface area (Å²) in [6.07, 6.45) is 5.87. The average Bonchev–Trinajstić information content (AvgIpc) is 2.81. The van der Waals surface area contributed by atoms with Crippen molar-refractivity contribution in [3.8, 4) is 0 Å². The molecule has 0 spiro atoms. The number of carbonyl (C=O) groups is 2. The fraction of sp³-hybridized carbons (Fsp3) is 0.385. The predicted molar refractivity (Wildman–Crippen MR) is 122 cm³/mol. The van der Waals surface area contributed by atoms with Crippen LogP contribution in [0, 0.1) is 5.92 Å². The van der Waals surface area contributed by atoms with Crippen molar-refractivity contribution in [3.05, 3.63) is 77.9 Å². The van der Waals surface area contributed by atoms with Gasteiger partial charge in [0.05, 0.1) is 0 Å². The van der Waals surface area contributed by atoms with Gasteiger partial charge in [0.1, 0.15) is 0 Å². The molecule has 2 amide bonds. The second kappa shape index (κ2) is 10.8. The standard InChI is InChI=1S/C26H32N2O2/c1-3-21(2)28(20-23-12-8-5-9-13-23)26(30)24-16-18-27(19-17-24)25(29)15-14-22-10-6-4-7-11-22/h4-15,21,24H,3,16-20H2,1-2H3/b15-14+. The first-order valence-electron chi connectivity index (χ1n) is 10.9. The first-order valence-corrected chi connectivity index (χ1v) is 10.9. The van der Waals surface area contributed by atoms with E-state index >= 15 is 0 Å². The molecule has 2 aromatic rings.